The van der Waals surface area contributed by atoms with E-state index in [1.165, 1.54) is 75.4 Å². The second-order valence-corrected chi connectivity index (χ2v) is 9.67. The van der Waals surface area contributed by atoms with Crippen LogP contribution in [0.25, 0.3) is 17.2 Å². The maximum absolute atomic E-state index is 6.31. The van der Waals surface area contributed by atoms with Crippen molar-refractivity contribution in [1.29, 1.82) is 0 Å². The summed E-state index contributed by atoms with van der Waals surface area (Å²) in [6, 6.07) is 17.9. The Bertz CT molecular complexity index is 1180. The van der Waals surface area contributed by atoms with E-state index in [4.69, 9.17) is 9.15 Å². The number of benzene rings is 2. The lowest BCUT2D eigenvalue weighted by Crippen LogP contribution is -2.41. The first-order valence-electron chi connectivity index (χ1n) is 12.8. The zero-order valence-electron chi connectivity index (χ0n) is 19.3. The van der Waals surface area contributed by atoms with Crippen molar-refractivity contribution in [3.63, 3.8) is 0 Å². The number of anilines is 1. The summed E-state index contributed by atoms with van der Waals surface area (Å²) in [7, 11) is 0. The number of oxazole rings is 1. The summed E-state index contributed by atoms with van der Waals surface area (Å²) in [6.45, 7) is 0. The molecule has 4 heteroatoms. The van der Waals surface area contributed by atoms with E-state index in [1.54, 1.807) is 0 Å². The van der Waals surface area contributed by atoms with Crippen LogP contribution in [-0.4, -0.2) is 6.04 Å². The summed E-state index contributed by atoms with van der Waals surface area (Å²) in [6.07, 6.45) is 19.1. The first-order valence-corrected chi connectivity index (χ1v) is 12.8. The highest BCUT2D eigenvalue weighted by Gasteiger charge is 2.33. The third-order valence-electron chi connectivity index (χ3n) is 7.51. The summed E-state index contributed by atoms with van der Waals surface area (Å²) in [5, 5.41) is 0. The number of hydrogen-bond donors (Lipinski definition) is 0. The Hall–Kier alpha value is -3.01. The minimum Gasteiger partial charge on any atom is -0.439 e. The molecule has 0 saturated heterocycles. The van der Waals surface area contributed by atoms with Crippen molar-refractivity contribution in [2.75, 3.05) is 4.90 Å². The quantitative estimate of drug-likeness (QED) is 0.398. The average Bonchev–Trinajstić information content (AvgIpc) is 3.43. The highest BCUT2D eigenvalue weighted by molar-refractivity contribution is 5.70. The first kappa shape index (κ1) is 20.6. The van der Waals surface area contributed by atoms with Crippen LogP contribution >= 0.6 is 0 Å². The van der Waals surface area contributed by atoms with Crippen molar-refractivity contribution in [2.24, 2.45) is 0 Å². The Morgan fingerprint density at radius 2 is 1.55 bits per heavy atom. The minimum atomic E-state index is 0.514. The van der Waals surface area contributed by atoms with Gasteiger partial charge in [0.25, 0.3) is 5.52 Å². The van der Waals surface area contributed by atoms with Crippen molar-refractivity contribution < 1.29 is 13.7 Å². The lowest BCUT2D eigenvalue weighted by atomic mass is 9.94. The fourth-order valence-corrected chi connectivity index (χ4v) is 5.92. The number of hydrogen-bond acceptors (Lipinski definition) is 3. The van der Waals surface area contributed by atoms with Crippen LogP contribution in [0.3, 0.4) is 0 Å². The molecule has 170 valence electrons. The standard InChI is InChI=1S/C29H33N2O2/c1-3-12-22(13-4-1)30-24-16-7-9-18-26(24)32-28(30)20-11-21-29-31(23-14-5-2-6-15-23)25-17-8-10-19-27(25)33-29/h7-11,16-23H,1-6,12-15H2/q+1. The maximum Gasteiger partial charge on any atom is 0.374 e. The Balaban J connectivity index is 1.33. The van der Waals surface area contributed by atoms with Gasteiger partial charge in [0.1, 0.15) is 0 Å². The Labute approximate surface area is 196 Å². The fraction of sp³-hybridized carbons (Fsp3) is 0.414. The molecule has 3 aromatic rings. The van der Waals surface area contributed by atoms with Gasteiger partial charge in [-0.2, -0.15) is 4.57 Å². The van der Waals surface area contributed by atoms with Crippen LogP contribution in [0, 0.1) is 0 Å². The molecule has 4 nitrogen and oxygen atoms in total. The van der Waals surface area contributed by atoms with Gasteiger partial charge < -0.3 is 14.1 Å². The van der Waals surface area contributed by atoms with Gasteiger partial charge in [-0.3, -0.25) is 0 Å². The SMILES string of the molecule is C(=C\c1oc2ccccc2[n+]1C1CCCCC1)/C=C1/Oc2ccccc2N1C1CCCCC1. The predicted molar refractivity (Wildman–Crippen MR) is 132 cm³/mol. The molecule has 2 aliphatic carbocycles. The molecule has 0 radical (unpaired) electrons. The Morgan fingerprint density at radius 1 is 0.818 bits per heavy atom. The molecule has 2 heterocycles. The molecule has 0 N–H and O–H groups in total. The van der Waals surface area contributed by atoms with Gasteiger partial charge in [0.05, 0.1) is 11.8 Å². The molecule has 33 heavy (non-hydrogen) atoms. The van der Waals surface area contributed by atoms with E-state index in [0.29, 0.717) is 12.1 Å². The first-order chi connectivity index (χ1) is 16.4. The van der Waals surface area contributed by atoms with Crippen LogP contribution in [0.2, 0.25) is 0 Å². The number of fused-ring (bicyclic) bond motifs is 2. The number of para-hydroxylation sites is 4. The molecule has 0 unspecified atom stereocenters. The van der Waals surface area contributed by atoms with Crippen molar-refractivity contribution in [3.8, 4) is 5.75 Å². The van der Waals surface area contributed by atoms with Crippen LogP contribution in [0.1, 0.15) is 76.1 Å². The van der Waals surface area contributed by atoms with Crippen LogP contribution < -0.4 is 14.2 Å². The Morgan fingerprint density at radius 3 is 2.39 bits per heavy atom. The maximum atomic E-state index is 6.31. The smallest absolute Gasteiger partial charge is 0.374 e. The van der Waals surface area contributed by atoms with Gasteiger partial charge in [0.2, 0.25) is 11.5 Å². The van der Waals surface area contributed by atoms with Gasteiger partial charge >= 0.3 is 5.89 Å². The lowest BCUT2D eigenvalue weighted by molar-refractivity contribution is -0.707. The van der Waals surface area contributed by atoms with Gasteiger partial charge in [0.15, 0.2) is 11.8 Å². The highest BCUT2D eigenvalue weighted by atomic mass is 16.5. The molecular weight excluding hydrogens is 408 g/mol. The summed E-state index contributed by atoms with van der Waals surface area (Å²) in [5.41, 5.74) is 3.36. The summed E-state index contributed by atoms with van der Waals surface area (Å²) in [5.74, 6) is 2.82. The normalized spacial score (nSPS) is 21.2. The van der Waals surface area contributed by atoms with E-state index in [9.17, 15) is 0 Å². The zero-order chi connectivity index (χ0) is 22.0. The molecule has 2 aromatic carbocycles. The minimum absolute atomic E-state index is 0.514. The molecule has 0 amide bonds. The third-order valence-corrected chi connectivity index (χ3v) is 7.51. The van der Waals surface area contributed by atoms with Gasteiger partial charge in [-0.25, -0.2) is 0 Å². The molecule has 2 saturated carbocycles. The lowest BCUT2D eigenvalue weighted by Gasteiger charge is -2.32. The molecule has 0 bridgehead atoms. The zero-order valence-corrected chi connectivity index (χ0v) is 19.3. The molecular formula is C29H33N2O2+. The molecule has 6 rings (SSSR count). The van der Waals surface area contributed by atoms with Crippen LogP contribution in [-0.2, 0) is 0 Å². The van der Waals surface area contributed by atoms with Gasteiger partial charge in [0, 0.05) is 24.9 Å². The fourth-order valence-electron chi connectivity index (χ4n) is 5.92. The summed E-state index contributed by atoms with van der Waals surface area (Å²) in [4.78, 5) is 2.42. The number of ether oxygens (including phenoxy) is 1. The molecule has 3 aliphatic rings. The topological polar surface area (TPSA) is 29.5 Å². The second kappa shape index (κ2) is 9.09. The number of allylic oxidation sites excluding steroid dienone is 2. The van der Waals surface area contributed by atoms with Crippen molar-refractivity contribution in [1.82, 2.24) is 0 Å². The largest absolute Gasteiger partial charge is 0.439 e. The highest BCUT2D eigenvalue weighted by Crippen LogP contribution is 2.42. The van der Waals surface area contributed by atoms with E-state index < -0.39 is 0 Å². The van der Waals surface area contributed by atoms with E-state index in [2.05, 4.69) is 76.2 Å². The molecule has 0 atom stereocenters. The van der Waals surface area contributed by atoms with E-state index >= 15 is 0 Å². The number of rotatable bonds is 4. The van der Waals surface area contributed by atoms with Crippen molar-refractivity contribution in [2.45, 2.75) is 76.3 Å². The Kier molecular flexibility index (Phi) is 5.67. The average molecular weight is 442 g/mol. The van der Waals surface area contributed by atoms with Crippen molar-refractivity contribution in [3.05, 3.63) is 72.5 Å². The second-order valence-electron chi connectivity index (χ2n) is 9.67. The molecule has 1 aromatic heterocycles. The molecule has 0 spiro atoms. The van der Waals surface area contributed by atoms with E-state index in [1.807, 2.05) is 0 Å². The van der Waals surface area contributed by atoms with Crippen LogP contribution in [0.5, 0.6) is 5.75 Å². The third kappa shape index (κ3) is 3.96. The van der Waals surface area contributed by atoms with Gasteiger partial charge in [-0.05, 0) is 56.0 Å². The van der Waals surface area contributed by atoms with E-state index in [-0.39, 0.29) is 0 Å². The number of nitrogens with zero attached hydrogens (tertiary/aromatic N) is 2. The predicted octanol–water partition coefficient (Wildman–Crippen LogP) is 7.31. The van der Waals surface area contributed by atoms with Gasteiger partial charge in [-0.15, -0.1) is 0 Å². The summed E-state index contributed by atoms with van der Waals surface area (Å²) >= 11 is 0. The van der Waals surface area contributed by atoms with E-state index in [0.717, 1.165) is 23.1 Å². The summed E-state index contributed by atoms with van der Waals surface area (Å²) < 4.78 is 15.1. The van der Waals surface area contributed by atoms with Crippen LogP contribution in [0.15, 0.2) is 71.0 Å². The van der Waals surface area contributed by atoms with Crippen molar-refractivity contribution >= 4 is 22.9 Å². The van der Waals surface area contributed by atoms with Crippen LogP contribution in [0.4, 0.5) is 5.69 Å². The molecule has 1 aliphatic heterocycles. The monoisotopic (exact) mass is 441 g/mol. The van der Waals surface area contributed by atoms with Gasteiger partial charge in [-0.1, -0.05) is 49.9 Å². The number of aromatic nitrogens is 1. The molecule has 2 fully saturated rings.